The van der Waals surface area contributed by atoms with Gasteiger partial charge in [-0.2, -0.15) is 8.42 Å². The molecule has 0 aliphatic carbocycles. The Balaban J connectivity index is 1.93. The van der Waals surface area contributed by atoms with Crippen LogP contribution in [0.25, 0.3) is 6.08 Å². The van der Waals surface area contributed by atoms with Crippen LogP contribution >= 0.6 is 34.8 Å². The summed E-state index contributed by atoms with van der Waals surface area (Å²) in [5, 5.41) is 3.80. The minimum Gasteiger partial charge on any atom is -0.376 e. The monoisotopic (exact) mass is 474 g/mol. The quantitative estimate of drug-likeness (QED) is 0.398. The average Bonchev–Trinajstić information content (AvgIpc) is 2.61. The summed E-state index contributed by atoms with van der Waals surface area (Å²) in [6.07, 6.45) is 1.13. The number of carbonyl (C=O) groups is 3. The molecule has 1 fully saturated rings. The van der Waals surface area contributed by atoms with Crippen LogP contribution in [-0.2, 0) is 19.7 Å². The van der Waals surface area contributed by atoms with Crippen molar-refractivity contribution < 1.29 is 27.0 Å². The van der Waals surface area contributed by atoms with Crippen molar-refractivity contribution >= 4 is 68.8 Å². The third kappa shape index (κ3) is 4.70. The lowest BCUT2D eigenvalue weighted by Crippen LogP contribution is -2.51. The third-order valence-corrected chi connectivity index (χ3v) is 5.62. The van der Waals surface area contributed by atoms with Crippen LogP contribution in [-0.4, -0.2) is 26.3 Å². The van der Waals surface area contributed by atoms with Gasteiger partial charge in [-0.1, -0.05) is 34.8 Å². The molecule has 1 aliphatic rings. The van der Waals surface area contributed by atoms with Gasteiger partial charge >= 0.3 is 16.1 Å². The largest absolute Gasteiger partial charge is 0.376 e. The zero-order valence-electron chi connectivity index (χ0n) is 14.0. The van der Waals surface area contributed by atoms with Crippen LogP contribution in [0.1, 0.15) is 5.56 Å². The molecule has 0 atom stereocenters. The van der Waals surface area contributed by atoms with Crippen LogP contribution in [0.3, 0.4) is 0 Å². The van der Waals surface area contributed by atoms with Gasteiger partial charge < -0.3 is 4.18 Å². The number of imide groups is 2. The Labute approximate surface area is 179 Å². The van der Waals surface area contributed by atoms with Crippen LogP contribution in [0.15, 0.2) is 46.9 Å². The molecule has 1 aliphatic heterocycles. The standard InChI is InChI=1S/C17H9Cl3N2O6S/c18-9-1-3-10(4-2-9)29(26,27)28-14-12(19)6-8(7-13(14)20)5-11-15(23)21-17(25)22-16(11)24/h1-7H,(H2,21,22,23,24,25). The van der Waals surface area contributed by atoms with E-state index in [-0.39, 0.29) is 31.8 Å². The van der Waals surface area contributed by atoms with Gasteiger partial charge in [-0.05, 0) is 48.0 Å². The average molecular weight is 476 g/mol. The molecule has 2 N–H and O–H groups in total. The number of benzene rings is 2. The number of amides is 4. The molecule has 0 aromatic heterocycles. The highest BCUT2D eigenvalue weighted by molar-refractivity contribution is 7.87. The highest BCUT2D eigenvalue weighted by Crippen LogP contribution is 2.37. The van der Waals surface area contributed by atoms with Gasteiger partial charge in [-0.25, -0.2) is 4.79 Å². The molecule has 1 heterocycles. The van der Waals surface area contributed by atoms with Gasteiger partial charge in [0, 0.05) is 5.02 Å². The summed E-state index contributed by atoms with van der Waals surface area (Å²) in [6.45, 7) is 0. The Morgan fingerprint density at radius 3 is 1.90 bits per heavy atom. The Hall–Kier alpha value is -2.59. The Kier molecular flexibility index (Phi) is 5.85. The number of barbiturate groups is 1. The van der Waals surface area contributed by atoms with Gasteiger partial charge in [0.05, 0.1) is 10.0 Å². The van der Waals surface area contributed by atoms with Gasteiger partial charge in [-0.3, -0.25) is 20.2 Å². The van der Waals surface area contributed by atoms with Crippen molar-refractivity contribution in [3.63, 3.8) is 0 Å². The molecule has 29 heavy (non-hydrogen) atoms. The lowest BCUT2D eigenvalue weighted by atomic mass is 10.1. The topological polar surface area (TPSA) is 119 Å². The number of hydrogen-bond donors (Lipinski definition) is 2. The lowest BCUT2D eigenvalue weighted by molar-refractivity contribution is -0.123. The molecule has 0 unspecified atom stereocenters. The van der Waals surface area contributed by atoms with Crippen molar-refractivity contribution in [2.45, 2.75) is 4.90 Å². The SMILES string of the molecule is O=C1NC(=O)C(=Cc2cc(Cl)c(OS(=O)(=O)c3ccc(Cl)cc3)c(Cl)c2)C(=O)N1. The molecule has 0 radical (unpaired) electrons. The fourth-order valence-electron chi connectivity index (χ4n) is 2.27. The summed E-state index contributed by atoms with van der Waals surface area (Å²) in [4.78, 5) is 34.5. The molecule has 2 aromatic rings. The minimum absolute atomic E-state index is 0.166. The maximum atomic E-state index is 12.4. The number of urea groups is 1. The molecule has 1 saturated heterocycles. The molecule has 0 bridgehead atoms. The fourth-order valence-corrected chi connectivity index (χ4v) is 4.04. The van der Waals surface area contributed by atoms with Crippen molar-refractivity contribution in [2.24, 2.45) is 0 Å². The molecule has 3 rings (SSSR count). The van der Waals surface area contributed by atoms with Crippen molar-refractivity contribution in [3.05, 3.63) is 62.6 Å². The second-order valence-electron chi connectivity index (χ2n) is 5.60. The summed E-state index contributed by atoms with van der Waals surface area (Å²) in [6, 6.07) is 6.79. The van der Waals surface area contributed by atoms with E-state index >= 15 is 0 Å². The van der Waals surface area contributed by atoms with Gasteiger partial charge in [-0.15, -0.1) is 0 Å². The predicted octanol–water partition coefficient (Wildman–Crippen LogP) is 3.16. The lowest BCUT2D eigenvalue weighted by Gasteiger charge is -2.14. The molecular weight excluding hydrogens is 467 g/mol. The number of rotatable bonds is 4. The number of nitrogens with one attached hydrogen (secondary N) is 2. The highest BCUT2D eigenvalue weighted by Gasteiger charge is 2.28. The second kappa shape index (κ2) is 8.03. The number of carbonyl (C=O) groups excluding carboxylic acids is 3. The summed E-state index contributed by atoms with van der Waals surface area (Å²) < 4.78 is 29.8. The van der Waals surface area contributed by atoms with E-state index in [1.807, 2.05) is 10.6 Å². The van der Waals surface area contributed by atoms with Crippen LogP contribution < -0.4 is 14.8 Å². The zero-order valence-corrected chi connectivity index (χ0v) is 17.1. The number of hydrogen-bond acceptors (Lipinski definition) is 6. The summed E-state index contributed by atoms with van der Waals surface area (Å²) >= 11 is 17.9. The minimum atomic E-state index is -4.25. The Morgan fingerprint density at radius 2 is 1.38 bits per heavy atom. The third-order valence-electron chi connectivity index (χ3n) is 3.57. The first-order valence-corrected chi connectivity index (χ1v) is 10.2. The van der Waals surface area contributed by atoms with E-state index in [1.165, 1.54) is 36.4 Å². The molecule has 150 valence electrons. The van der Waals surface area contributed by atoms with E-state index in [0.717, 1.165) is 6.08 Å². The van der Waals surface area contributed by atoms with Crippen molar-refractivity contribution in [1.29, 1.82) is 0 Å². The van der Waals surface area contributed by atoms with E-state index in [4.69, 9.17) is 39.0 Å². The van der Waals surface area contributed by atoms with Gasteiger partial charge in [0.15, 0.2) is 5.75 Å². The van der Waals surface area contributed by atoms with Crippen LogP contribution in [0.2, 0.25) is 15.1 Å². The summed E-state index contributed by atoms with van der Waals surface area (Å²) in [7, 11) is -4.25. The van der Waals surface area contributed by atoms with Gasteiger partial charge in [0.2, 0.25) is 0 Å². The molecular formula is C17H9Cl3N2O6S. The molecule has 12 heteroatoms. The normalized spacial score (nSPS) is 14.3. The van der Waals surface area contributed by atoms with Crippen molar-refractivity contribution in [1.82, 2.24) is 10.6 Å². The first-order chi connectivity index (χ1) is 13.6. The van der Waals surface area contributed by atoms with Crippen LogP contribution in [0, 0.1) is 0 Å². The molecule has 4 amide bonds. The molecule has 0 saturated carbocycles. The van der Waals surface area contributed by atoms with Crippen LogP contribution in [0.4, 0.5) is 4.79 Å². The molecule has 2 aromatic carbocycles. The number of halogens is 3. The second-order valence-corrected chi connectivity index (χ2v) is 8.40. The Bertz CT molecular complexity index is 1130. The molecule has 0 spiro atoms. The van der Waals surface area contributed by atoms with Crippen molar-refractivity contribution in [3.8, 4) is 5.75 Å². The fraction of sp³-hybridized carbons (Fsp3) is 0. The maximum absolute atomic E-state index is 12.4. The van der Waals surface area contributed by atoms with Gasteiger partial charge in [0.25, 0.3) is 11.8 Å². The Morgan fingerprint density at radius 1 is 0.862 bits per heavy atom. The van der Waals surface area contributed by atoms with E-state index < -0.39 is 28.0 Å². The first-order valence-electron chi connectivity index (χ1n) is 7.64. The van der Waals surface area contributed by atoms with E-state index in [2.05, 4.69) is 0 Å². The first kappa shape index (κ1) is 21.1. The summed E-state index contributed by atoms with van der Waals surface area (Å²) in [5.41, 5.74) is -0.162. The van der Waals surface area contributed by atoms with Crippen molar-refractivity contribution in [2.75, 3.05) is 0 Å². The molecule has 8 nitrogen and oxygen atoms in total. The highest BCUT2D eigenvalue weighted by atomic mass is 35.5. The van der Waals surface area contributed by atoms with E-state index in [9.17, 15) is 22.8 Å². The van der Waals surface area contributed by atoms with E-state index in [1.54, 1.807) is 0 Å². The smallest absolute Gasteiger partial charge is 0.339 e. The predicted molar refractivity (Wildman–Crippen MR) is 105 cm³/mol. The van der Waals surface area contributed by atoms with Crippen LogP contribution in [0.5, 0.6) is 5.75 Å². The van der Waals surface area contributed by atoms with E-state index in [0.29, 0.717) is 5.02 Å². The maximum Gasteiger partial charge on any atom is 0.339 e. The van der Waals surface area contributed by atoms with Gasteiger partial charge in [0.1, 0.15) is 10.5 Å². The summed E-state index contributed by atoms with van der Waals surface area (Å²) in [5.74, 6) is -2.15. The zero-order chi connectivity index (χ0) is 21.3.